The molecule has 12 heteroatoms. The number of alkyl halides is 6. The first-order valence-electron chi connectivity index (χ1n) is 15.0. The van der Waals surface area contributed by atoms with Gasteiger partial charge >= 0.3 is 24.3 Å². The van der Waals surface area contributed by atoms with Crippen molar-refractivity contribution in [3.8, 4) is 0 Å². The fraction of sp³-hybridized carbons (Fsp3) is 0.515. The molecule has 248 valence electrons. The zero-order chi connectivity index (χ0) is 33.5. The molecule has 0 aliphatic heterocycles. The van der Waals surface area contributed by atoms with E-state index in [1.54, 1.807) is 0 Å². The van der Waals surface area contributed by atoms with Crippen molar-refractivity contribution in [3.05, 3.63) is 70.8 Å². The summed E-state index contributed by atoms with van der Waals surface area (Å²) >= 11 is 0. The summed E-state index contributed by atoms with van der Waals surface area (Å²) in [6.07, 6.45) is 1.37. The van der Waals surface area contributed by atoms with Gasteiger partial charge in [-0.15, -0.1) is 0 Å². The fourth-order valence-electron chi connectivity index (χ4n) is 4.53. The summed E-state index contributed by atoms with van der Waals surface area (Å²) in [6.45, 7) is 1.82. The third-order valence-corrected chi connectivity index (χ3v) is 7.15. The predicted molar refractivity (Wildman–Crippen MR) is 154 cm³/mol. The molecule has 0 saturated carbocycles. The summed E-state index contributed by atoms with van der Waals surface area (Å²) in [7, 11) is 0. The maximum absolute atomic E-state index is 12.6. The average Bonchev–Trinajstić information content (AvgIpc) is 3.01. The van der Waals surface area contributed by atoms with Crippen LogP contribution in [0.5, 0.6) is 0 Å². The highest BCUT2D eigenvalue weighted by atomic mass is 19.4. The molecule has 45 heavy (non-hydrogen) atoms. The summed E-state index contributed by atoms with van der Waals surface area (Å²) in [6, 6.07) is 7.70. The second kappa shape index (κ2) is 18.3. The van der Waals surface area contributed by atoms with Gasteiger partial charge in [0, 0.05) is 17.0 Å². The third-order valence-electron chi connectivity index (χ3n) is 7.15. The molecule has 2 rings (SSSR count). The van der Waals surface area contributed by atoms with E-state index in [9.17, 15) is 45.5 Å². The van der Waals surface area contributed by atoms with E-state index in [0.29, 0.717) is 6.42 Å². The molecule has 0 radical (unpaired) electrons. The van der Waals surface area contributed by atoms with Crippen molar-refractivity contribution in [2.24, 2.45) is 5.92 Å². The van der Waals surface area contributed by atoms with Crippen molar-refractivity contribution in [2.45, 2.75) is 89.9 Å². The summed E-state index contributed by atoms with van der Waals surface area (Å²) in [4.78, 5) is 47.8. The van der Waals surface area contributed by atoms with Gasteiger partial charge in [0.25, 0.3) is 11.6 Å². The van der Waals surface area contributed by atoms with Gasteiger partial charge in [-0.05, 0) is 30.7 Å². The zero-order valence-corrected chi connectivity index (χ0v) is 25.1. The highest BCUT2D eigenvalue weighted by Crippen LogP contribution is 2.23. The maximum atomic E-state index is 12.6. The number of hydrogen-bond acceptors (Lipinski definition) is 6. The predicted octanol–water partition coefficient (Wildman–Crippen LogP) is 9.12. The number of ketones is 2. The SMILES string of the molecule is CCCCCCCCCCCCC(COC(=O)c1ccc(C(=O)C(F)(F)F)cc1)COC(=O)c1ccc(C(=O)C(F)(F)F)cc1. The Balaban J connectivity index is 1.94. The first-order valence-corrected chi connectivity index (χ1v) is 15.0. The standard InChI is InChI=1S/C33H38F6O6/c1-2-3-4-5-6-7-8-9-10-11-12-23(21-44-30(42)26-17-13-24(14-18-26)28(40)32(34,35)36)22-45-31(43)27-19-15-25(16-20-27)29(41)33(37,38)39/h13-20,23H,2-12,21-22H2,1H3. The lowest BCUT2D eigenvalue weighted by Crippen LogP contribution is -2.23. The molecule has 0 amide bonds. The number of halogens is 6. The number of carbonyl (C=O) groups excluding carboxylic acids is 4. The van der Waals surface area contributed by atoms with Crippen LogP contribution in [0.1, 0.15) is 119 Å². The Bertz CT molecular complexity index is 1150. The molecule has 0 saturated heterocycles. The van der Waals surface area contributed by atoms with Crippen molar-refractivity contribution < 1.29 is 55.0 Å². The number of esters is 2. The van der Waals surface area contributed by atoms with E-state index in [2.05, 4.69) is 6.92 Å². The molecule has 0 fully saturated rings. The molecule has 0 heterocycles. The van der Waals surface area contributed by atoms with Crippen molar-refractivity contribution in [1.29, 1.82) is 0 Å². The summed E-state index contributed by atoms with van der Waals surface area (Å²) in [5.41, 5.74) is -1.39. The molecule has 0 unspecified atom stereocenters. The van der Waals surface area contributed by atoms with Gasteiger partial charge in [0.2, 0.25) is 0 Å². The molecule has 2 aromatic rings. The number of rotatable bonds is 19. The van der Waals surface area contributed by atoms with Gasteiger partial charge in [-0.3, -0.25) is 9.59 Å². The third kappa shape index (κ3) is 13.4. The van der Waals surface area contributed by atoms with E-state index < -0.39 is 52.9 Å². The van der Waals surface area contributed by atoms with Gasteiger partial charge in [0.05, 0.1) is 24.3 Å². The van der Waals surface area contributed by atoms with Crippen LogP contribution in [0.3, 0.4) is 0 Å². The molecule has 0 bridgehead atoms. The topological polar surface area (TPSA) is 86.7 Å². The maximum Gasteiger partial charge on any atom is 0.454 e. The lowest BCUT2D eigenvalue weighted by atomic mass is 10.0. The second-order valence-electron chi connectivity index (χ2n) is 10.8. The summed E-state index contributed by atoms with van der Waals surface area (Å²) in [5.74, 6) is -6.20. The van der Waals surface area contributed by atoms with Crippen LogP contribution in [0.2, 0.25) is 0 Å². The van der Waals surface area contributed by atoms with Crippen LogP contribution in [0.25, 0.3) is 0 Å². The lowest BCUT2D eigenvalue weighted by Gasteiger charge is -2.17. The summed E-state index contributed by atoms with van der Waals surface area (Å²) < 4.78 is 86.5. The molecule has 0 aliphatic carbocycles. The first kappa shape index (κ1) is 37.5. The second-order valence-corrected chi connectivity index (χ2v) is 10.8. The highest BCUT2D eigenvalue weighted by Gasteiger charge is 2.40. The van der Waals surface area contributed by atoms with Crippen molar-refractivity contribution >= 4 is 23.5 Å². The molecule has 0 aromatic heterocycles. The molecule has 6 nitrogen and oxygen atoms in total. The largest absolute Gasteiger partial charge is 0.462 e. The van der Waals surface area contributed by atoms with Crippen LogP contribution in [-0.4, -0.2) is 49.1 Å². The van der Waals surface area contributed by atoms with E-state index in [1.807, 2.05) is 0 Å². The van der Waals surface area contributed by atoms with Crippen LogP contribution >= 0.6 is 0 Å². The van der Waals surface area contributed by atoms with Gasteiger partial charge in [0.15, 0.2) is 0 Å². The Hall–Kier alpha value is -3.70. The fourth-order valence-corrected chi connectivity index (χ4v) is 4.53. The average molecular weight is 645 g/mol. The minimum atomic E-state index is -5.05. The molecular weight excluding hydrogens is 606 g/mol. The van der Waals surface area contributed by atoms with Crippen molar-refractivity contribution in [1.82, 2.24) is 0 Å². The molecule has 0 atom stereocenters. The van der Waals surface area contributed by atoms with Crippen molar-refractivity contribution in [3.63, 3.8) is 0 Å². The van der Waals surface area contributed by atoms with Gasteiger partial charge in [-0.1, -0.05) is 95.4 Å². The Kier molecular flexibility index (Phi) is 15.3. The normalized spacial score (nSPS) is 11.8. The van der Waals surface area contributed by atoms with E-state index >= 15 is 0 Å². The Labute approximate surface area is 258 Å². The number of carbonyl (C=O) groups is 4. The molecule has 0 aliphatic rings. The van der Waals surface area contributed by atoms with Crippen LogP contribution in [0, 0.1) is 5.92 Å². The van der Waals surface area contributed by atoms with Gasteiger partial charge in [-0.25, -0.2) is 9.59 Å². The van der Waals surface area contributed by atoms with Crippen LogP contribution < -0.4 is 0 Å². The Morgan fingerprint density at radius 1 is 0.533 bits per heavy atom. The smallest absolute Gasteiger partial charge is 0.454 e. The quantitative estimate of drug-likeness (QED) is 0.0656. The van der Waals surface area contributed by atoms with Gasteiger partial charge in [0.1, 0.15) is 0 Å². The lowest BCUT2D eigenvalue weighted by molar-refractivity contribution is -0.0888. The number of benzene rings is 2. The molecule has 2 aromatic carbocycles. The monoisotopic (exact) mass is 644 g/mol. The van der Waals surface area contributed by atoms with Crippen LogP contribution in [-0.2, 0) is 9.47 Å². The Morgan fingerprint density at radius 3 is 1.18 bits per heavy atom. The van der Waals surface area contributed by atoms with Gasteiger partial charge < -0.3 is 9.47 Å². The zero-order valence-electron chi connectivity index (χ0n) is 25.1. The highest BCUT2D eigenvalue weighted by molar-refractivity contribution is 6.01. The Morgan fingerprint density at radius 2 is 0.844 bits per heavy atom. The van der Waals surface area contributed by atoms with Crippen LogP contribution in [0.4, 0.5) is 26.3 Å². The van der Waals surface area contributed by atoms with Gasteiger partial charge in [-0.2, -0.15) is 26.3 Å². The molecule has 0 spiro atoms. The summed E-state index contributed by atoms with van der Waals surface area (Å²) in [5, 5.41) is 0. The van der Waals surface area contributed by atoms with E-state index in [4.69, 9.17) is 9.47 Å². The van der Waals surface area contributed by atoms with E-state index in [-0.39, 0.29) is 24.3 Å². The number of Topliss-reactive ketones (excluding diaryl/α,β-unsaturated/α-hetero) is 2. The molecular formula is C33H38F6O6. The van der Waals surface area contributed by atoms with Crippen molar-refractivity contribution in [2.75, 3.05) is 13.2 Å². The molecule has 0 N–H and O–H groups in total. The minimum absolute atomic E-state index is 0.0723. The van der Waals surface area contributed by atoms with E-state index in [0.717, 1.165) is 80.6 Å². The minimum Gasteiger partial charge on any atom is -0.462 e. The number of hydrogen-bond donors (Lipinski definition) is 0. The number of unbranched alkanes of at least 4 members (excludes halogenated alkanes) is 9. The first-order chi connectivity index (χ1) is 21.2. The van der Waals surface area contributed by atoms with E-state index in [1.165, 1.54) is 32.1 Å². The van der Waals surface area contributed by atoms with Crippen LogP contribution in [0.15, 0.2) is 48.5 Å². The number of ether oxygens (including phenoxy) is 2.